The molecule has 0 aliphatic heterocycles. The number of fused-ring (bicyclic) bond motifs is 14. The van der Waals surface area contributed by atoms with Crippen molar-refractivity contribution in [1.29, 1.82) is 0 Å². The lowest BCUT2D eigenvalue weighted by Crippen LogP contribution is -2.26. The first-order valence-corrected chi connectivity index (χ1v) is 21.2. The third kappa shape index (κ3) is 4.73. The molecule has 0 saturated carbocycles. The van der Waals surface area contributed by atoms with Crippen LogP contribution in [0.5, 0.6) is 0 Å². The molecule has 2 aliphatic carbocycles. The zero-order valence-electron chi connectivity index (χ0n) is 33.3. The second-order valence-corrected chi connectivity index (χ2v) is 16.4. The van der Waals surface area contributed by atoms with Crippen molar-refractivity contribution >= 4 is 49.6 Å². The first-order valence-electron chi connectivity index (χ1n) is 21.2. The minimum atomic E-state index is -0.470. The number of rotatable bonds is 5. The molecular formula is C59H38N2. The zero-order chi connectivity index (χ0) is 40.1. The van der Waals surface area contributed by atoms with Gasteiger partial charge in [0.05, 0.1) is 22.1 Å². The van der Waals surface area contributed by atoms with Gasteiger partial charge >= 0.3 is 0 Å². The highest BCUT2D eigenvalue weighted by Crippen LogP contribution is 2.63. The van der Waals surface area contributed by atoms with Gasteiger partial charge in [-0.3, -0.25) is 0 Å². The van der Waals surface area contributed by atoms with Gasteiger partial charge in [0.2, 0.25) is 0 Å². The van der Waals surface area contributed by atoms with Crippen molar-refractivity contribution in [2.45, 2.75) is 5.41 Å². The second kappa shape index (κ2) is 13.0. The van der Waals surface area contributed by atoms with Gasteiger partial charge in [-0.25, -0.2) is 0 Å². The van der Waals surface area contributed by atoms with Crippen molar-refractivity contribution in [3.63, 3.8) is 0 Å². The third-order valence-corrected chi connectivity index (χ3v) is 13.4. The Bertz CT molecular complexity index is 3480. The summed E-state index contributed by atoms with van der Waals surface area (Å²) in [7, 11) is 0. The van der Waals surface area contributed by atoms with Crippen LogP contribution >= 0.6 is 0 Å². The fourth-order valence-corrected chi connectivity index (χ4v) is 10.9. The Balaban J connectivity index is 1.18. The van der Waals surface area contributed by atoms with E-state index < -0.39 is 5.41 Å². The Morgan fingerprint density at radius 2 is 0.869 bits per heavy atom. The maximum Gasteiger partial charge on any atom is 0.0726 e. The quantitative estimate of drug-likeness (QED) is 0.169. The molecule has 0 unspecified atom stereocenters. The van der Waals surface area contributed by atoms with Crippen LogP contribution in [0.1, 0.15) is 22.3 Å². The molecule has 2 aliphatic rings. The summed E-state index contributed by atoms with van der Waals surface area (Å²) in [5, 5.41) is 4.84. The van der Waals surface area contributed by atoms with E-state index in [1.54, 1.807) is 0 Å². The van der Waals surface area contributed by atoms with E-state index in [2.05, 4.69) is 240 Å². The highest BCUT2D eigenvalue weighted by Gasteiger charge is 2.51. The molecule has 0 fully saturated rings. The van der Waals surface area contributed by atoms with Crippen LogP contribution in [0.2, 0.25) is 0 Å². The molecule has 0 bridgehead atoms. The zero-order valence-corrected chi connectivity index (χ0v) is 33.3. The van der Waals surface area contributed by atoms with Crippen molar-refractivity contribution < 1.29 is 0 Å². The minimum Gasteiger partial charge on any atom is -0.309 e. The number of aromatic nitrogens is 1. The Morgan fingerprint density at radius 3 is 1.57 bits per heavy atom. The molecule has 2 nitrogen and oxygen atoms in total. The van der Waals surface area contributed by atoms with E-state index in [9.17, 15) is 0 Å². The molecule has 1 heterocycles. The number of anilines is 3. The monoisotopic (exact) mass is 774 g/mol. The number of nitrogens with zero attached hydrogens (tertiary/aromatic N) is 2. The lowest BCUT2D eigenvalue weighted by atomic mass is 9.70. The van der Waals surface area contributed by atoms with Crippen molar-refractivity contribution in [3.05, 3.63) is 253 Å². The molecule has 61 heavy (non-hydrogen) atoms. The summed E-state index contributed by atoms with van der Waals surface area (Å²) in [6.45, 7) is 0. The predicted molar refractivity (Wildman–Crippen MR) is 255 cm³/mol. The summed E-state index contributed by atoms with van der Waals surface area (Å²) >= 11 is 0. The molecule has 1 spiro atoms. The van der Waals surface area contributed by atoms with Crippen LogP contribution < -0.4 is 4.90 Å². The largest absolute Gasteiger partial charge is 0.309 e. The van der Waals surface area contributed by atoms with E-state index in [1.165, 1.54) is 82.7 Å². The molecule has 1 aromatic heterocycles. The third-order valence-electron chi connectivity index (χ3n) is 13.4. The van der Waals surface area contributed by atoms with Gasteiger partial charge in [-0.15, -0.1) is 0 Å². The SMILES string of the molecule is c1ccc(-c2ccc3c(c2N(c2ccc4c(c2)C2(c5ccccc5-c5ccccc52)c2ccccc2-4)c2ccc4ccccc4c2)c2ccccc2n3-c2ccccc2)cc1. The number of benzene rings is 10. The molecule has 2 heteroatoms. The van der Waals surface area contributed by atoms with Gasteiger partial charge in [0.15, 0.2) is 0 Å². The Hall–Kier alpha value is -7.94. The number of para-hydroxylation sites is 2. The van der Waals surface area contributed by atoms with Gasteiger partial charge < -0.3 is 9.47 Å². The molecule has 0 atom stereocenters. The molecule has 11 aromatic rings. The lowest BCUT2D eigenvalue weighted by Gasteiger charge is -2.33. The summed E-state index contributed by atoms with van der Waals surface area (Å²) in [5.74, 6) is 0. The summed E-state index contributed by atoms with van der Waals surface area (Å²) < 4.78 is 2.43. The fraction of sp³-hybridized carbons (Fsp3) is 0.0169. The molecule has 284 valence electrons. The first-order chi connectivity index (χ1) is 30.3. The lowest BCUT2D eigenvalue weighted by molar-refractivity contribution is 0.793. The molecule has 0 saturated heterocycles. The number of hydrogen-bond donors (Lipinski definition) is 0. The van der Waals surface area contributed by atoms with Gasteiger partial charge in [0.1, 0.15) is 0 Å². The van der Waals surface area contributed by atoms with Crippen LogP contribution in [0.4, 0.5) is 17.1 Å². The standard InChI is InChI=1S/C59H38N2/c1-3-18-40(19-4-1)45-35-36-56-57(50-26-12-16-30-55(50)61(56)42-21-5-2-6-22-42)58(45)60(43-32-31-39-17-7-8-20-41(39)37-43)44-33-34-49-48-25-11-15-29-53(48)59(54(49)38-44)51-27-13-9-23-46(51)47-24-10-14-28-52(47)59/h1-38H. The maximum absolute atomic E-state index is 2.56. The topological polar surface area (TPSA) is 8.17 Å². The molecular weight excluding hydrogens is 737 g/mol. The second-order valence-electron chi connectivity index (χ2n) is 16.4. The Labute approximate surface area is 354 Å². The van der Waals surface area contributed by atoms with E-state index in [1.807, 2.05) is 0 Å². The Kier molecular flexibility index (Phi) is 7.26. The van der Waals surface area contributed by atoms with Crippen LogP contribution in [0.25, 0.3) is 71.6 Å². The molecule has 0 amide bonds. The van der Waals surface area contributed by atoms with Crippen LogP contribution in [0.15, 0.2) is 231 Å². The number of hydrogen-bond acceptors (Lipinski definition) is 1. The minimum absolute atomic E-state index is 0.470. The Morgan fingerprint density at radius 1 is 0.344 bits per heavy atom. The van der Waals surface area contributed by atoms with Gasteiger partial charge in [-0.1, -0.05) is 182 Å². The summed E-state index contributed by atoms with van der Waals surface area (Å²) in [4.78, 5) is 2.56. The maximum atomic E-state index is 2.56. The highest BCUT2D eigenvalue weighted by atomic mass is 15.2. The molecule has 10 aromatic carbocycles. The highest BCUT2D eigenvalue weighted by molar-refractivity contribution is 6.20. The summed E-state index contributed by atoms with van der Waals surface area (Å²) in [6, 6.07) is 85.5. The van der Waals surface area contributed by atoms with Crippen molar-refractivity contribution in [3.8, 4) is 39.1 Å². The normalized spacial score (nSPS) is 13.0. The van der Waals surface area contributed by atoms with Gasteiger partial charge in [-0.2, -0.15) is 0 Å². The van der Waals surface area contributed by atoms with Gasteiger partial charge in [0, 0.05) is 33.4 Å². The van der Waals surface area contributed by atoms with Crippen LogP contribution in [-0.2, 0) is 5.41 Å². The van der Waals surface area contributed by atoms with Gasteiger partial charge in [0.25, 0.3) is 0 Å². The predicted octanol–water partition coefficient (Wildman–Crippen LogP) is 15.4. The fourth-order valence-electron chi connectivity index (χ4n) is 10.9. The van der Waals surface area contributed by atoms with E-state index in [-0.39, 0.29) is 0 Å². The summed E-state index contributed by atoms with van der Waals surface area (Å²) in [5.41, 5.74) is 19.3. The average Bonchev–Trinajstić information content (AvgIpc) is 3.94. The van der Waals surface area contributed by atoms with Crippen molar-refractivity contribution in [1.82, 2.24) is 4.57 Å². The van der Waals surface area contributed by atoms with E-state index in [0.717, 1.165) is 28.3 Å². The van der Waals surface area contributed by atoms with Crippen LogP contribution in [0.3, 0.4) is 0 Å². The molecule has 0 radical (unpaired) electrons. The molecule has 0 N–H and O–H groups in total. The first kappa shape index (κ1) is 34.0. The van der Waals surface area contributed by atoms with E-state index in [4.69, 9.17) is 0 Å². The van der Waals surface area contributed by atoms with Crippen LogP contribution in [0, 0.1) is 0 Å². The average molecular weight is 775 g/mol. The molecule has 13 rings (SSSR count). The summed E-state index contributed by atoms with van der Waals surface area (Å²) in [6.07, 6.45) is 0. The van der Waals surface area contributed by atoms with Crippen molar-refractivity contribution in [2.24, 2.45) is 0 Å². The van der Waals surface area contributed by atoms with Crippen LogP contribution in [-0.4, -0.2) is 4.57 Å². The smallest absolute Gasteiger partial charge is 0.0726 e. The van der Waals surface area contributed by atoms with Crippen molar-refractivity contribution in [2.75, 3.05) is 4.90 Å². The van der Waals surface area contributed by atoms with Gasteiger partial charge in [-0.05, 0) is 109 Å². The van der Waals surface area contributed by atoms with E-state index >= 15 is 0 Å². The van der Waals surface area contributed by atoms with E-state index in [0.29, 0.717) is 0 Å².